The van der Waals surface area contributed by atoms with E-state index < -0.39 is 0 Å². The van der Waals surface area contributed by atoms with Crippen molar-refractivity contribution in [1.82, 2.24) is 14.5 Å². The Morgan fingerprint density at radius 1 is 1.25 bits per heavy atom. The van der Waals surface area contributed by atoms with Crippen molar-refractivity contribution >= 4 is 23.1 Å². The van der Waals surface area contributed by atoms with E-state index in [-0.39, 0.29) is 5.91 Å². The number of nitrogens with zero attached hydrogens (tertiary/aromatic N) is 3. The van der Waals surface area contributed by atoms with Crippen molar-refractivity contribution < 1.29 is 4.79 Å². The second-order valence-corrected chi connectivity index (χ2v) is 5.15. The minimum Gasteiger partial charge on any atom is -0.306 e. The Hall–Kier alpha value is -2.47. The molecule has 0 aliphatic carbocycles. The van der Waals surface area contributed by atoms with Gasteiger partial charge in [-0.15, -0.1) is 0 Å². The minimum atomic E-state index is -0.183. The van der Waals surface area contributed by atoms with Crippen molar-refractivity contribution in [1.29, 1.82) is 0 Å². The van der Waals surface area contributed by atoms with E-state index in [1.807, 2.05) is 42.1 Å². The number of anilines is 1. The molecule has 0 aliphatic rings. The van der Waals surface area contributed by atoms with E-state index in [0.717, 1.165) is 5.13 Å². The van der Waals surface area contributed by atoms with Gasteiger partial charge in [-0.2, -0.15) is 0 Å². The van der Waals surface area contributed by atoms with Crippen LogP contribution in [0.4, 0.5) is 5.82 Å². The number of carbonyl (C=O) groups is 1. The number of thiazole rings is 1. The molecule has 5 nitrogen and oxygen atoms in total. The van der Waals surface area contributed by atoms with E-state index in [0.29, 0.717) is 16.4 Å². The van der Waals surface area contributed by atoms with Crippen molar-refractivity contribution in [2.45, 2.75) is 6.92 Å². The summed E-state index contributed by atoms with van der Waals surface area (Å²) in [7, 11) is 0. The highest BCUT2D eigenvalue weighted by Crippen LogP contribution is 2.22. The van der Waals surface area contributed by atoms with Crippen LogP contribution in [0, 0.1) is 6.92 Å². The van der Waals surface area contributed by atoms with Gasteiger partial charge in [0.25, 0.3) is 5.91 Å². The summed E-state index contributed by atoms with van der Waals surface area (Å²) >= 11 is 1.36. The molecule has 3 aromatic heterocycles. The maximum atomic E-state index is 12.2. The fourth-order valence-corrected chi connectivity index (χ4v) is 2.70. The normalized spacial score (nSPS) is 10.4. The van der Waals surface area contributed by atoms with Crippen molar-refractivity contribution in [2.24, 2.45) is 0 Å². The number of aromatic nitrogens is 3. The van der Waals surface area contributed by atoms with E-state index in [2.05, 4.69) is 15.3 Å². The average Bonchev–Trinajstić information content (AvgIpc) is 3.08. The van der Waals surface area contributed by atoms with E-state index in [1.165, 1.54) is 11.3 Å². The summed E-state index contributed by atoms with van der Waals surface area (Å²) in [5.41, 5.74) is 0.715. The molecule has 3 aromatic rings. The predicted octanol–water partition coefficient (Wildman–Crippen LogP) is 2.89. The standard InChI is InChI=1S/C14H12N4OS/c1-10-12(13(19)17-11-6-2-3-7-15-11)20-14(16-10)18-8-4-5-9-18/h2-9H,1H3,(H,15,17,19). The van der Waals surface area contributed by atoms with Crippen LogP contribution in [0.15, 0.2) is 48.9 Å². The Balaban J connectivity index is 1.85. The molecule has 1 N–H and O–H groups in total. The quantitative estimate of drug-likeness (QED) is 0.804. The van der Waals surface area contributed by atoms with Gasteiger partial charge in [0, 0.05) is 18.6 Å². The van der Waals surface area contributed by atoms with Crippen molar-refractivity contribution in [3.05, 3.63) is 59.5 Å². The van der Waals surface area contributed by atoms with Crippen molar-refractivity contribution in [3.63, 3.8) is 0 Å². The molecule has 0 atom stereocenters. The zero-order valence-electron chi connectivity index (χ0n) is 10.8. The van der Waals surface area contributed by atoms with E-state index >= 15 is 0 Å². The lowest BCUT2D eigenvalue weighted by molar-refractivity contribution is 0.102. The van der Waals surface area contributed by atoms with Crippen LogP contribution in [-0.4, -0.2) is 20.4 Å². The molecule has 0 fully saturated rings. The summed E-state index contributed by atoms with van der Waals surface area (Å²) in [4.78, 5) is 21.3. The van der Waals surface area contributed by atoms with Crippen LogP contribution in [0.2, 0.25) is 0 Å². The van der Waals surface area contributed by atoms with Gasteiger partial charge >= 0.3 is 0 Å². The predicted molar refractivity (Wildman–Crippen MR) is 78.4 cm³/mol. The van der Waals surface area contributed by atoms with Gasteiger partial charge in [0.2, 0.25) is 0 Å². The first-order valence-electron chi connectivity index (χ1n) is 6.07. The fraction of sp³-hybridized carbons (Fsp3) is 0.0714. The second-order valence-electron chi connectivity index (χ2n) is 4.17. The Morgan fingerprint density at radius 3 is 2.75 bits per heavy atom. The summed E-state index contributed by atoms with van der Waals surface area (Å²) in [5, 5.41) is 3.55. The topological polar surface area (TPSA) is 59.8 Å². The molecule has 3 heterocycles. The lowest BCUT2D eigenvalue weighted by Crippen LogP contribution is -2.12. The first-order valence-corrected chi connectivity index (χ1v) is 6.89. The number of rotatable bonds is 3. The van der Waals surface area contributed by atoms with Gasteiger partial charge in [-0.3, -0.25) is 4.79 Å². The van der Waals surface area contributed by atoms with E-state index in [1.54, 1.807) is 18.3 Å². The van der Waals surface area contributed by atoms with Crippen molar-refractivity contribution in [2.75, 3.05) is 5.32 Å². The van der Waals surface area contributed by atoms with Gasteiger partial charge in [-0.05, 0) is 31.2 Å². The SMILES string of the molecule is Cc1nc(-n2cccc2)sc1C(=O)Nc1ccccn1. The lowest BCUT2D eigenvalue weighted by atomic mass is 10.3. The summed E-state index contributed by atoms with van der Waals surface area (Å²) in [6, 6.07) is 9.22. The van der Waals surface area contributed by atoms with Gasteiger partial charge in [-0.1, -0.05) is 17.4 Å². The van der Waals surface area contributed by atoms with Crippen LogP contribution in [0.3, 0.4) is 0 Å². The zero-order chi connectivity index (χ0) is 13.9. The molecule has 0 radical (unpaired) electrons. The Kier molecular flexibility index (Phi) is 3.30. The summed E-state index contributed by atoms with van der Waals surface area (Å²) in [5.74, 6) is 0.352. The molecule has 20 heavy (non-hydrogen) atoms. The number of pyridine rings is 1. The third kappa shape index (κ3) is 2.46. The van der Waals surface area contributed by atoms with E-state index in [4.69, 9.17) is 0 Å². The number of aryl methyl sites for hydroxylation is 1. The molecular formula is C14H12N4OS. The third-order valence-corrected chi connectivity index (χ3v) is 3.89. The summed E-state index contributed by atoms with van der Waals surface area (Å²) < 4.78 is 1.88. The van der Waals surface area contributed by atoms with Crippen LogP contribution in [-0.2, 0) is 0 Å². The van der Waals surface area contributed by atoms with Crippen LogP contribution in [0.25, 0.3) is 5.13 Å². The summed E-state index contributed by atoms with van der Waals surface area (Å²) in [6.45, 7) is 1.83. The monoisotopic (exact) mass is 284 g/mol. The number of hydrogen-bond donors (Lipinski definition) is 1. The van der Waals surface area contributed by atoms with Gasteiger partial charge in [-0.25, -0.2) is 9.97 Å². The summed E-state index contributed by atoms with van der Waals surface area (Å²) in [6.07, 6.45) is 5.44. The maximum absolute atomic E-state index is 12.2. The van der Waals surface area contributed by atoms with Gasteiger partial charge < -0.3 is 9.88 Å². The van der Waals surface area contributed by atoms with Crippen LogP contribution in [0.5, 0.6) is 0 Å². The van der Waals surface area contributed by atoms with Crippen LogP contribution in [0.1, 0.15) is 15.4 Å². The van der Waals surface area contributed by atoms with Crippen molar-refractivity contribution in [3.8, 4) is 5.13 Å². The lowest BCUT2D eigenvalue weighted by Gasteiger charge is -2.01. The molecule has 100 valence electrons. The number of carbonyl (C=O) groups excluding carboxylic acids is 1. The van der Waals surface area contributed by atoms with Gasteiger partial charge in [0.15, 0.2) is 5.13 Å². The van der Waals surface area contributed by atoms with Gasteiger partial charge in [0.05, 0.1) is 5.69 Å². The highest BCUT2D eigenvalue weighted by molar-refractivity contribution is 7.16. The Labute approximate surface area is 119 Å². The Bertz CT molecular complexity index is 719. The molecule has 1 amide bonds. The number of hydrogen-bond acceptors (Lipinski definition) is 4. The third-order valence-electron chi connectivity index (χ3n) is 2.72. The molecule has 0 aromatic carbocycles. The second kappa shape index (κ2) is 5.26. The smallest absolute Gasteiger partial charge is 0.268 e. The molecule has 0 unspecified atom stereocenters. The fourth-order valence-electron chi connectivity index (χ4n) is 1.78. The molecule has 0 saturated carbocycles. The molecule has 0 aliphatic heterocycles. The minimum absolute atomic E-state index is 0.183. The van der Waals surface area contributed by atoms with Crippen LogP contribution >= 0.6 is 11.3 Å². The number of amides is 1. The molecule has 6 heteroatoms. The molecule has 0 bridgehead atoms. The number of nitrogens with one attached hydrogen (secondary N) is 1. The largest absolute Gasteiger partial charge is 0.306 e. The van der Waals surface area contributed by atoms with Crippen LogP contribution < -0.4 is 5.32 Å². The van der Waals surface area contributed by atoms with Gasteiger partial charge in [0.1, 0.15) is 10.7 Å². The maximum Gasteiger partial charge on any atom is 0.268 e. The molecular weight excluding hydrogens is 272 g/mol. The highest BCUT2D eigenvalue weighted by Gasteiger charge is 2.16. The highest BCUT2D eigenvalue weighted by atomic mass is 32.1. The molecule has 0 saturated heterocycles. The first kappa shape index (κ1) is 12.6. The first-order chi connectivity index (χ1) is 9.74. The molecule has 0 spiro atoms. The zero-order valence-corrected chi connectivity index (χ0v) is 11.6. The molecule has 3 rings (SSSR count). The average molecular weight is 284 g/mol. The Morgan fingerprint density at radius 2 is 2.05 bits per heavy atom. The van der Waals surface area contributed by atoms with E-state index in [9.17, 15) is 4.79 Å².